The maximum Gasteiger partial charge on any atom is 0.306 e. The first kappa shape index (κ1) is 22.2. The molecule has 0 bridgehead atoms. The van der Waals surface area contributed by atoms with E-state index in [1.807, 2.05) is 0 Å². The van der Waals surface area contributed by atoms with Crippen LogP contribution in [0.3, 0.4) is 0 Å². The van der Waals surface area contributed by atoms with Crippen molar-refractivity contribution >= 4 is 27.8 Å². The first-order chi connectivity index (χ1) is 17.0. The van der Waals surface area contributed by atoms with E-state index in [-0.39, 0.29) is 17.8 Å². The standard InChI is InChI=1S/C27H27F2N3O3/c28-21-8-7-19(11-22(21)29)32-24-10-18-13-30-31-23(18)12-20(24)25(26(32)17-2-1-9-35-14-17)15-3-5-16(6-4-15)27(33)34/h7-8,10-13,15-17H,1-6,9,14H2,(H,30,31)(H,33,34)/t15-,16-,17?. The number of H-pyrrole nitrogens is 1. The van der Waals surface area contributed by atoms with Gasteiger partial charge in [-0.1, -0.05) is 0 Å². The van der Waals surface area contributed by atoms with Crippen LogP contribution in [0.25, 0.3) is 27.5 Å². The fraction of sp³-hybridized carbons (Fsp3) is 0.407. The summed E-state index contributed by atoms with van der Waals surface area (Å²) in [4.78, 5) is 11.6. The molecular formula is C27H27F2N3O3. The first-order valence-electron chi connectivity index (χ1n) is 12.3. The number of fused-ring (bicyclic) bond motifs is 2. The van der Waals surface area contributed by atoms with Gasteiger partial charge >= 0.3 is 5.97 Å². The molecule has 35 heavy (non-hydrogen) atoms. The monoisotopic (exact) mass is 479 g/mol. The Hall–Kier alpha value is -3.26. The summed E-state index contributed by atoms with van der Waals surface area (Å²) >= 11 is 0. The lowest BCUT2D eigenvalue weighted by Crippen LogP contribution is -2.23. The molecule has 2 aromatic carbocycles. The number of carbonyl (C=O) groups is 1. The zero-order chi connectivity index (χ0) is 24.1. The van der Waals surface area contributed by atoms with Gasteiger partial charge < -0.3 is 14.4 Å². The van der Waals surface area contributed by atoms with Crippen LogP contribution in [0.4, 0.5) is 8.78 Å². The minimum atomic E-state index is -0.886. The molecule has 0 spiro atoms. The molecule has 2 aromatic heterocycles. The molecule has 1 aliphatic carbocycles. The van der Waals surface area contributed by atoms with Crippen LogP contribution in [-0.2, 0) is 9.53 Å². The number of aliphatic carboxylic acids is 1. The number of aromatic amines is 1. The van der Waals surface area contributed by atoms with Gasteiger partial charge in [0, 0.05) is 40.7 Å². The van der Waals surface area contributed by atoms with E-state index in [0.29, 0.717) is 25.1 Å². The summed E-state index contributed by atoms with van der Waals surface area (Å²) in [5.74, 6) is -2.52. The van der Waals surface area contributed by atoms with Gasteiger partial charge in [0.2, 0.25) is 0 Å². The average Bonchev–Trinajstić information content (AvgIpc) is 3.46. The summed E-state index contributed by atoms with van der Waals surface area (Å²) in [5.41, 5.74) is 4.65. The molecule has 1 saturated carbocycles. The third kappa shape index (κ3) is 3.80. The first-order valence-corrected chi connectivity index (χ1v) is 12.3. The second-order valence-electron chi connectivity index (χ2n) is 9.86. The number of aromatic nitrogens is 3. The molecule has 2 N–H and O–H groups in total. The van der Waals surface area contributed by atoms with Crippen LogP contribution in [-0.4, -0.2) is 39.1 Å². The van der Waals surface area contributed by atoms with Gasteiger partial charge in [-0.3, -0.25) is 9.89 Å². The van der Waals surface area contributed by atoms with E-state index in [2.05, 4.69) is 26.9 Å². The highest BCUT2D eigenvalue weighted by molar-refractivity contribution is 5.99. The predicted octanol–water partition coefficient (Wildman–Crippen LogP) is 6.04. The van der Waals surface area contributed by atoms with E-state index in [4.69, 9.17) is 4.74 Å². The molecule has 4 aromatic rings. The molecule has 3 heterocycles. The maximum absolute atomic E-state index is 14.4. The van der Waals surface area contributed by atoms with Gasteiger partial charge in [-0.2, -0.15) is 5.10 Å². The highest BCUT2D eigenvalue weighted by Crippen LogP contribution is 2.47. The van der Waals surface area contributed by atoms with Crippen molar-refractivity contribution < 1.29 is 23.4 Å². The number of benzene rings is 2. The van der Waals surface area contributed by atoms with Crippen LogP contribution in [0, 0.1) is 17.6 Å². The number of hydrogen-bond donors (Lipinski definition) is 2. The van der Waals surface area contributed by atoms with E-state index < -0.39 is 17.6 Å². The van der Waals surface area contributed by atoms with Crippen LogP contribution >= 0.6 is 0 Å². The Kier molecular flexibility index (Phi) is 5.56. The molecule has 8 heteroatoms. The lowest BCUT2D eigenvalue weighted by atomic mass is 9.76. The summed E-state index contributed by atoms with van der Waals surface area (Å²) in [6.07, 6.45) is 6.44. The number of nitrogens with zero attached hydrogens (tertiary/aromatic N) is 2. The zero-order valence-corrected chi connectivity index (χ0v) is 19.3. The Bertz CT molecular complexity index is 1410. The van der Waals surface area contributed by atoms with Crippen molar-refractivity contribution in [1.29, 1.82) is 0 Å². The molecular weight excluding hydrogens is 452 g/mol. The molecule has 2 aliphatic rings. The number of rotatable bonds is 4. The van der Waals surface area contributed by atoms with Gasteiger partial charge in [0.05, 0.1) is 29.8 Å². The number of ether oxygens (including phenoxy) is 1. The minimum absolute atomic E-state index is 0.105. The molecule has 1 saturated heterocycles. The number of nitrogens with one attached hydrogen (secondary N) is 1. The van der Waals surface area contributed by atoms with Crippen LogP contribution in [0.2, 0.25) is 0 Å². The molecule has 6 nitrogen and oxygen atoms in total. The largest absolute Gasteiger partial charge is 0.481 e. The lowest BCUT2D eigenvalue weighted by molar-refractivity contribution is -0.142. The van der Waals surface area contributed by atoms with Crippen molar-refractivity contribution in [2.75, 3.05) is 13.2 Å². The van der Waals surface area contributed by atoms with Crippen molar-refractivity contribution in [3.05, 3.63) is 59.4 Å². The number of carboxylic acid groups (broad SMARTS) is 1. The fourth-order valence-electron chi connectivity index (χ4n) is 6.09. The summed E-state index contributed by atoms with van der Waals surface area (Å²) in [5, 5.41) is 18.8. The van der Waals surface area contributed by atoms with Crippen molar-refractivity contribution in [2.24, 2.45) is 5.92 Å². The van der Waals surface area contributed by atoms with Gasteiger partial charge in [0.25, 0.3) is 0 Å². The highest BCUT2D eigenvalue weighted by Gasteiger charge is 2.34. The van der Waals surface area contributed by atoms with E-state index in [9.17, 15) is 18.7 Å². The van der Waals surface area contributed by atoms with E-state index >= 15 is 0 Å². The molecule has 1 unspecified atom stereocenters. The quantitative estimate of drug-likeness (QED) is 0.374. The van der Waals surface area contributed by atoms with Gasteiger partial charge in [-0.05, 0) is 74.3 Å². The van der Waals surface area contributed by atoms with Crippen LogP contribution in [0.15, 0.2) is 36.5 Å². The normalized spacial score (nSPS) is 23.2. The third-order valence-corrected chi connectivity index (χ3v) is 7.80. The SMILES string of the molecule is O=C(O)[C@H]1CC[C@H](c2c(C3CCCOC3)n(-c3ccc(F)c(F)c3)c3cc4cn[nH]c4cc32)CC1. The average molecular weight is 480 g/mol. The molecule has 1 atom stereocenters. The molecule has 2 fully saturated rings. The van der Waals surface area contributed by atoms with Crippen LogP contribution < -0.4 is 0 Å². The molecule has 6 rings (SSSR count). The molecule has 0 amide bonds. The smallest absolute Gasteiger partial charge is 0.306 e. The summed E-state index contributed by atoms with van der Waals surface area (Å²) in [7, 11) is 0. The number of carboxylic acids is 1. The Morgan fingerprint density at radius 1 is 1.06 bits per heavy atom. The second-order valence-corrected chi connectivity index (χ2v) is 9.86. The van der Waals surface area contributed by atoms with Crippen molar-refractivity contribution in [2.45, 2.75) is 50.4 Å². The Morgan fingerprint density at radius 2 is 1.89 bits per heavy atom. The molecule has 0 radical (unpaired) electrons. The predicted molar refractivity (Wildman–Crippen MR) is 128 cm³/mol. The minimum Gasteiger partial charge on any atom is -0.481 e. The van der Waals surface area contributed by atoms with Gasteiger partial charge in [-0.15, -0.1) is 0 Å². The van der Waals surface area contributed by atoms with E-state index in [1.165, 1.54) is 17.7 Å². The zero-order valence-electron chi connectivity index (χ0n) is 19.3. The highest BCUT2D eigenvalue weighted by atomic mass is 19.2. The third-order valence-electron chi connectivity index (χ3n) is 7.80. The van der Waals surface area contributed by atoms with E-state index in [0.717, 1.165) is 59.8 Å². The maximum atomic E-state index is 14.4. The molecule has 1 aliphatic heterocycles. The Balaban J connectivity index is 1.62. The van der Waals surface area contributed by atoms with Crippen LogP contribution in [0.1, 0.15) is 61.6 Å². The topological polar surface area (TPSA) is 80.1 Å². The summed E-state index contributed by atoms with van der Waals surface area (Å²) < 4.78 is 36.3. The van der Waals surface area contributed by atoms with Crippen molar-refractivity contribution in [1.82, 2.24) is 14.8 Å². The lowest BCUT2D eigenvalue weighted by Gasteiger charge is -2.30. The number of halogens is 2. The Labute approximate surface area is 200 Å². The van der Waals surface area contributed by atoms with Crippen molar-refractivity contribution in [3.8, 4) is 5.69 Å². The van der Waals surface area contributed by atoms with Gasteiger partial charge in [0.15, 0.2) is 11.6 Å². The van der Waals surface area contributed by atoms with E-state index in [1.54, 1.807) is 12.3 Å². The van der Waals surface area contributed by atoms with Crippen LogP contribution in [0.5, 0.6) is 0 Å². The number of hydrogen-bond acceptors (Lipinski definition) is 3. The van der Waals surface area contributed by atoms with Crippen molar-refractivity contribution in [3.63, 3.8) is 0 Å². The Morgan fingerprint density at radius 3 is 2.60 bits per heavy atom. The van der Waals surface area contributed by atoms with Gasteiger partial charge in [-0.25, -0.2) is 8.78 Å². The summed E-state index contributed by atoms with van der Waals surface area (Å²) in [6.45, 7) is 1.28. The van der Waals surface area contributed by atoms with Gasteiger partial charge in [0.1, 0.15) is 0 Å². The second kappa shape index (κ2) is 8.75. The molecule has 182 valence electrons. The fourth-order valence-corrected chi connectivity index (χ4v) is 6.09. The summed E-state index contributed by atoms with van der Waals surface area (Å²) in [6, 6.07) is 8.20.